The molecule has 1 N–H and O–H groups in total. The number of piperidine rings is 1. The van der Waals surface area contributed by atoms with E-state index in [9.17, 15) is 9.59 Å². The Bertz CT molecular complexity index is 569. The summed E-state index contributed by atoms with van der Waals surface area (Å²) >= 11 is 0. The van der Waals surface area contributed by atoms with Crippen LogP contribution >= 0.6 is 0 Å². The SMILES string of the molecule is C[Si](C)(C)CC(=O)Cc1ccc(CN2CCC(C(=O)O)CC2)cc1. The molecule has 5 heteroatoms. The molecule has 1 fully saturated rings. The van der Waals surface area contributed by atoms with E-state index in [4.69, 9.17) is 5.11 Å². The van der Waals surface area contributed by atoms with E-state index < -0.39 is 14.0 Å². The highest BCUT2D eigenvalue weighted by Gasteiger charge is 2.24. The number of carbonyl (C=O) groups excluding carboxylic acids is 1. The second kappa shape index (κ2) is 8.08. The van der Waals surface area contributed by atoms with Crippen LogP contribution in [0.3, 0.4) is 0 Å². The first-order valence-corrected chi connectivity index (χ1v) is 12.5. The predicted molar refractivity (Wildman–Crippen MR) is 98.9 cm³/mol. The van der Waals surface area contributed by atoms with Crippen LogP contribution in [-0.4, -0.2) is 42.9 Å². The fourth-order valence-corrected chi connectivity index (χ4v) is 4.55. The van der Waals surface area contributed by atoms with Crippen molar-refractivity contribution in [2.24, 2.45) is 5.92 Å². The average molecular weight is 348 g/mol. The highest BCUT2D eigenvalue weighted by Crippen LogP contribution is 2.19. The number of carboxylic acids is 1. The van der Waals surface area contributed by atoms with Crippen LogP contribution in [-0.2, 0) is 22.6 Å². The van der Waals surface area contributed by atoms with Crippen molar-refractivity contribution >= 4 is 19.8 Å². The fourth-order valence-electron chi connectivity index (χ4n) is 3.24. The Morgan fingerprint density at radius 1 is 1.08 bits per heavy atom. The van der Waals surface area contributed by atoms with Crippen molar-refractivity contribution < 1.29 is 14.7 Å². The Kier molecular flexibility index (Phi) is 6.35. The normalized spacial score (nSPS) is 17.0. The van der Waals surface area contributed by atoms with Gasteiger partial charge in [-0.15, -0.1) is 0 Å². The number of hydrogen-bond donors (Lipinski definition) is 1. The first kappa shape index (κ1) is 18.9. The Labute approximate surface area is 145 Å². The Balaban J connectivity index is 1.82. The molecule has 0 saturated carbocycles. The second-order valence-corrected chi connectivity index (χ2v) is 13.6. The number of rotatable bonds is 7. The third-order valence-electron chi connectivity index (χ3n) is 4.49. The van der Waals surface area contributed by atoms with Crippen LogP contribution in [0.15, 0.2) is 24.3 Å². The van der Waals surface area contributed by atoms with Crippen LogP contribution < -0.4 is 0 Å². The molecule has 2 rings (SSSR count). The lowest BCUT2D eigenvalue weighted by Gasteiger charge is -2.30. The maximum absolute atomic E-state index is 12.1. The summed E-state index contributed by atoms with van der Waals surface area (Å²) in [5, 5.41) is 9.04. The molecule has 0 amide bonds. The lowest BCUT2D eigenvalue weighted by atomic mass is 9.96. The zero-order valence-electron chi connectivity index (χ0n) is 15.0. The minimum absolute atomic E-state index is 0.180. The molecule has 0 bridgehead atoms. The molecule has 1 aromatic carbocycles. The van der Waals surface area contributed by atoms with Gasteiger partial charge in [0.15, 0.2) is 0 Å². The molecule has 0 atom stereocenters. The molecule has 24 heavy (non-hydrogen) atoms. The van der Waals surface area contributed by atoms with Crippen molar-refractivity contribution in [3.63, 3.8) is 0 Å². The van der Waals surface area contributed by atoms with Crippen LogP contribution in [0.5, 0.6) is 0 Å². The maximum atomic E-state index is 12.1. The van der Waals surface area contributed by atoms with E-state index in [1.54, 1.807) is 0 Å². The van der Waals surface area contributed by atoms with Gasteiger partial charge >= 0.3 is 5.97 Å². The Morgan fingerprint density at radius 2 is 1.62 bits per heavy atom. The summed E-state index contributed by atoms with van der Waals surface area (Å²) in [4.78, 5) is 25.4. The van der Waals surface area contributed by atoms with Crippen LogP contribution in [0.1, 0.15) is 24.0 Å². The van der Waals surface area contributed by atoms with Gasteiger partial charge in [0.2, 0.25) is 0 Å². The molecule has 1 aliphatic heterocycles. The van der Waals surface area contributed by atoms with E-state index >= 15 is 0 Å². The number of Topliss-reactive ketones (excluding diaryl/α,β-unsaturated/α-hetero) is 1. The van der Waals surface area contributed by atoms with Gasteiger partial charge in [0.05, 0.1) is 14.0 Å². The first-order valence-electron chi connectivity index (χ1n) is 8.77. The fraction of sp³-hybridized carbons (Fsp3) is 0.579. The number of aliphatic carboxylic acids is 1. The van der Waals surface area contributed by atoms with E-state index in [-0.39, 0.29) is 5.92 Å². The topological polar surface area (TPSA) is 57.6 Å². The van der Waals surface area contributed by atoms with Crippen molar-refractivity contribution in [2.45, 2.75) is 51.5 Å². The largest absolute Gasteiger partial charge is 0.481 e. The van der Waals surface area contributed by atoms with Crippen molar-refractivity contribution in [3.8, 4) is 0 Å². The van der Waals surface area contributed by atoms with Crippen LogP contribution in [0.4, 0.5) is 0 Å². The van der Waals surface area contributed by atoms with Crippen molar-refractivity contribution in [3.05, 3.63) is 35.4 Å². The van der Waals surface area contributed by atoms with Crippen LogP contribution in [0.2, 0.25) is 25.7 Å². The highest BCUT2D eigenvalue weighted by molar-refractivity contribution is 6.78. The van der Waals surface area contributed by atoms with Crippen LogP contribution in [0.25, 0.3) is 0 Å². The maximum Gasteiger partial charge on any atom is 0.306 e. The smallest absolute Gasteiger partial charge is 0.306 e. The van der Waals surface area contributed by atoms with E-state index in [1.165, 1.54) is 5.56 Å². The summed E-state index contributed by atoms with van der Waals surface area (Å²) in [7, 11) is -1.33. The van der Waals surface area contributed by atoms with Gasteiger partial charge < -0.3 is 5.11 Å². The van der Waals surface area contributed by atoms with Gasteiger partial charge in [-0.2, -0.15) is 0 Å². The summed E-state index contributed by atoms with van der Waals surface area (Å²) < 4.78 is 0. The van der Waals surface area contributed by atoms with Crippen molar-refractivity contribution in [1.29, 1.82) is 0 Å². The molecular weight excluding hydrogens is 318 g/mol. The van der Waals surface area contributed by atoms with E-state index in [1.807, 2.05) is 0 Å². The monoisotopic (exact) mass is 347 g/mol. The van der Waals surface area contributed by atoms with Gasteiger partial charge in [0, 0.05) is 19.0 Å². The lowest BCUT2D eigenvalue weighted by molar-refractivity contribution is -0.143. The predicted octanol–water partition coefficient (Wildman–Crippen LogP) is 3.43. The standard InChI is InChI=1S/C19H29NO3Si/c1-24(2,3)14-18(21)12-15-4-6-16(7-5-15)13-20-10-8-17(9-11-20)19(22)23/h4-7,17H,8-14H2,1-3H3,(H,22,23). The molecule has 1 aliphatic rings. The number of carbonyl (C=O) groups is 2. The molecule has 1 saturated heterocycles. The zero-order chi connectivity index (χ0) is 17.7. The molecule has 0 aliphatic carbocycles. The van der Waals surface area contributed by atoms with Gasteiger partial charge in [-0.05, 0) is 37.1 Å². The molecular formula is C19H29NO3Si. The molecule has 0 spiro atoms. The Morgan fingerprint density at radius 3 is 2.12 bits per heavy atom. The molecule has 1 heterocycles. The minimum atomic E-state index is -1.33. The van der Waals surface area contributed by atoms with Crippen LogP contribution in [0, 0.1) is 5.92 Å². The van der Waals surface area contributed by atoms with Crippen molar-refractivity contribution in [2.75, 3.05) is 13.1 Å². The Hall–Kier alpha value is -1.46. The number of nitrogens with zero attached hydrogens (tertiary/aromatic N) is 1. The summed E-state index contributed by atoms with van der Waals surface area (Å²) in [6.07, 6.45) is 2.01. The number of ketones is 1. The molecule has 132 valence electrons. The number of hydrogen-bond acceptors (Lipinski definition) is 3. The van der Waals surface area contributed by atoms with Gasteiger partial charge in [0.25, 0.3) is 0 Å². The summed E-state index contributed by atoms with van der Waals surface area (Å²) in [6, 6.07) is 9.05. The summed E-state index contributed by atoms with van der Waals surface area (Å²) in [5.41, 5.74) is 2.32. The van der Waals surface area contributed by atoms with E-state index in [0.717, 1.165) is 44.1 Å². The number of carboxylic acid groups (broad SMARTS) is 1. The zero-order valence-corrected chi connectivity index (χ0v) is 16.0. The first-order chi connectivity index (χ1) is 11.2. The van der Waals surface area contributed by atoms with Gasteiger partial charge in [-0.3, -0.25) is 14.5 Å². The third kappa shape index (κ3) is 6.21. The molecule has 4 nitrogen and oxygen atoms in total. The quantitative estimate of drug-likeness (QED) is 0.768. The molecule has 0 radical (unpaired) electrons. The van der Waals surface area contributed by atoms with Gasteiger partial charge in [-0.1, -0.05) is 43.9 Å². The summed E-state index contributed by atoms with van der Waals surface area (Å²) in [6.45, 7) is 9.21. The lowest BCUT2D eigenvalue weighted by Crippen LogP contribution is -2.35. The van der Waals surface area contributed by atoms with E-state index in [2.05, 4.69) is 48.8 Å². The van der Waals surface area contributed by atoms with Gasteiger partial charge in [0.1, 0.15) is 5.78 Å². The van der Waals surface area contributed by atoms with Gasteiger partial charge in [-0.25, -0.2) is 0 Å². The average Bonchev–Trinajstić information content (AvgIpc) is 2.48. The highest BCUT2D eigenvalue weighted by atomic mass is 28.3. The number of benzene rings is 1. The second-order valence-electron chi connectivity index (χ2n) is 8.16. The third-order valence-corrected chi connectivity index (χ3v) is 5.95. The minimum Gasteiger partial charge on any atom is -0.481 e. The molecule has 0 unspecified atom stereocenters. The van der Waals surface area contributed by atoms with Crippen molar-refractivity contribution in [1.82, 2.24) is 4.90 Å². The van der Waals surface area contributed by atoms with E-state index in [0.29, 0.717) is 12.2 Å². The summed E-state index contributed by atoms with van der Waals surface area (Å²) in [5.74, 6) is -0.499. The number of likely N-dealkylation sites (tertiary alicyclic amines) is 1. The molecule has 0 aromatic heterocycles. The molecule has 1 aromatic rings.